The Bertz CT molecular complexity index is 1250. The van der Waals surface area contributed by atoms with E-state index in [1.807, 2.05) is 54.7 Å². The summed E-state index contributed by atoms with van der Waals surface area (Å²) < 4.78 is 7.89. The SMILES string of the molecule is Cc1cc([C@@H]2[C@@H](c3ccccn3)NC(=S)N2Cc2ccco2)c(C)n1-c1cccc(Cl)c1. The van der Waals surface area contributed by atoms with Gasteiger partial charge in [-0.15, -0.1) is 0 Å². The van der Waals surface area contributed by atoms with E-state index in [1.54, 1.807) is 6.26 Å². The highest BCUT2D eigenvalue weighted by Gasteiger charge is 2.41. The summed E-state index contributed by atoms with van der Waals surface area (Å²) in [6.07, 6.45) is 3.51. The van der Waals surface area contributed by atoms with Crippen LogP contribution in [0.5, 0.6) is 0 Å². The predicted molar refractivity (Wildman–Crippen MR) is 130 cm³/mol. The first kappa shape index (κ1) is 20.8. The van der Waals surface area contributed by atoms with E-state index in [-0.39, 0.29) is 12.1 Å². The van der Waals surface area contributed by atoms with Crippen molar-refractivity contribution in [3.63, 3.8) is 0 Å². The molecule has 1 N–H and O–H groups in total. The lowest BCUT2D eigenvalue weighted by atomic mass is 9.96. The summed E-state index contributed by atoms with van der Waals surface area (Å²) in [5.41, 5.74) is 5.47. The van der Waals surface area contributed by atoms with Crippen LogP contribution < -0.4 is 5.32 Å². The van der Waals surface area contributed by atoms with Gasteiger partial charge in [-0.1, -0.05) is 23.7 Å². The molecule has 5 rings (SSSR count). The maximum Gasteiger partial charge on any atom is 0.170 e. The van der Waals surface area contributed by atoms with Gasteiger partial charge in [0.1, 0.15) is 5.76 Å². The number of aromatic nitrogens is 2. The fourth-order valence-electron chi connectivity index (χ4n) is 4.58. The van der Waals surface area contributed by atoms with Crippen LogP contribution in [0.1, 0.15) is 40.5 Å². The first-order chi connectivity index (χ1) is 15.5. The lowest BCUT2D eigenvalue weighted by molar-refractivity contribution is 0.286. The summed E-state index contributed by atoms with van der Waals surface area (Å²) >= 11 is 12.1. The zero-order chi connectivity index (χ0) is 22.2. The van der Waals surface area contributed by atoms with Crippen molar-refractivity contribution in [2.24, 2.45) is 0 Å². The Balaban J connectivity index is 1.63. The summed E-state index contributed by atoms with van der Waals surface area (Å²) in [5, 5.41) is 4.91. The lowest BCUT2D eigenvalue weighted by Crippen LogP contribution is -2.29. The first-order valence-corrected chi connectivity index (χ1v) is 11.3. The van der Waals surface area contributed by atoms with Gasteiger partial charge in [-0.25, -0.2) is 0 Å². The highest BCUT2D eigenvalue weighted by Crippen LogP contribution is 2.42. The third kappa shape index (κ3) is 3.70. The third-order valence-corrected chi connectivity index (χ3v) is 6.55. The van der Waals surface area contributed by atoms with Crippen LogP contribution in [0.15, 0.2) is 77.5 Å². The molecule has 1 aliphatic heterocycles. The van der Waals surface area contributed by atoms with Crippen molar-refractivity contribution in [1.82, 2.24) is 19.8 Å². The molecule has 1 fully saturated rings. The maximum absolute atomic E-state index is 6.29. The molecule has 0 aliphatic carbocycles. The molecule has 0 amide bonds. The lowest BCUT2D eigenvalue weighted by Gasteiger charge is -2.27. The van der Waals surface area contributed by atoms with Gasteiger partial charge in [0.05, 0.1) is 30.6 Å². The minimum absolute atomic E-state index is 0.0402. The number of rotatable bonds is 5. The fraction of sp³-hybridized carbons (Fsp3) is 0.200. The second-order valence-corrected chi connectivity index (χ2v) is 8.80. The Morgan fingerprint density at radius 1 is 1.09 bits per heavy atom. The van der Waals surface area contributed by atoms with Gasteiger partial charge >= 0.3 is 0 Å². The summed E-state index contributed by atoms with van der Waals surface area (Å²) in [4.78, 5) is 6.83. The van der Waals surface area contributed by atoms with Crippen molar-refractivity contribution >= 4 is 28.9 Å². The van der Waals surface area contributed by atoms with Crippen molar-refractivity contribution in [2.45, 2.75) is 32.5 Å². The van der Waals surface area contributed by atoms with Crippen LogP contribution in [-0.4, -0.2) is 19.6 Å². The molecule has 4 heterocycles. The number of thiocarbonyl (C=S) groups is 1. The van der Waals surface area contributed by atoms with Crippen molar-refractivity contribution in [3.05, 3.63) is 107 Å². The van der Waals surface area contributed by atoms with E-state index in [4.69, 9.17) is 28.2 Å². The molecule has 32 heavy (non-hydrogen) atoms. The number of nitrogens with zero attached hydrogens (tertiary/aromatic N) is 3. The van der Waals surface area contributed by atoms with Gasteiger partial charge in [0.15, 0.2) is 5.11 Å². The highest BCUT2D eigenvalue weighted by atomic mass is 35.5. The molecule has 1 saturated heterocycles. The molecule has 0 unspecified atom stereocenters. The molecule has 2 atom stereocenters. The quantitative estimate of drug-likeness (QED) is 0.373. The topological polar surface area (TPSA) is 46.2 Å². The molecule has 0 radical (unpaired) electrons. The number of benzene rings is 1. The van der Waals surface area contributed by atoms with Crippen LogP contribution in [0.3, 0.4) is 0 Å². The number of nitrogens with one attached hydrogen (secondary N) is 1. The summed E-state index contributed by atoms with van der Waals surface area (Å²) in [6, 6.07) is 19.9. The maximum atomic E-state index is 6.29. The van der Waals surface area contributed by atoms with E-state index in [1.165, 1.54) is 5.56 Å². The summed E-state index contributed by atoms with van der Waals surface area (Å²) in [5.74, 6) is 0.865. The monoisotopic (exact) mass is 462 g/mol. The normalized spacial score (nSPS) is 18.2. The predicted octanol–water partition coefficient (Wildman–Crippen LogP) is 5.91. The zero-order valence-corrected chi connectivity index (χ0v) is 19.4. The molecule has 0 saturated carbocycles. The van der Waals surface area contributed by atoms with Crippen molar-refractivity contribution in [2.75, 3.05) is 0 Å². The molecule has 162 valence electrons. The highest BCUT2D eigenvalue weighted by molar-refractivity contribution is 7.80. The van der Waals surface area contributed by atoms with E-state index in [9.17, 15) is 0 Å². The largest absolute Gasteiger partial charge is 0.467 e. The molecule has 4 aromatic rings. The summed E-state index contributed by atoms with van der Waals surface area (Å²) in [6.45, 7) is 4.84. The van der Waals surface area contributed by atoms with E-state index in [2.05, 4.69) is 45.7 Å². The van der Waals surface area contributed by atoms with Crippen LogP contribution in [0.4, 0.5) is 0 Å². The van der Waals surface area contributed by atoms with Gasteiger partial charge in [-0.3, -0.25) is 4.98 Å². The molecule has 7 heteroatoms. The molecular formula is C25H23ClN4OS. The van der Waals surface area contributed by atoms with Crippen LogP contribution in [-0.2, 0) is 6.54 Å². The van der Waals surface area contributed by atoms with Gasteiger partial charge in [-0.2, -0.15) is 0 Å². The first-order valence-electron chi connectivity index (χ1n) is 10.5. The zero-order valence-electron chi connectivity index (χ0n) is 17.8. The number of aryl methyl sites for hydroxylation is 1. The second kappa shape index (κ2) is 8.45. The van der Waals surface area contributed by atoms with Gasteiger partial charge in [-0.05, 0) is 80.2 Å². The van der Waals surface area contributed by atoms with E-state index < -0.39 is 0 Å². The molecule has 1 aliphatic rings. The number of hydrogen-bond acceptors (Lipinski definition) is 3. The van der Waals surface area contributed by atoms with E-state index >= 15 is 0 Å². The Morgan fingerprint density at radius 2 is 1.97 bits per heavy atom. The number of hydrogen-bond donors (Lipinski definition) is 1. The number of halogens is 1. The molecule has 5 nitrogen and oxygen atoms in total. The Kier molecular flexibility index (Phi) is 5.49. The number of pyridine rings is 1. The standard InChI is InChI=1S/C25H23ClN4OS/c1-16-13-21(17(2)30(16)19-8-5-7-18(26)14-19)24-23(22-10-3-4-11-27-22)28-25(32)29(24)15-20-9-6-12-31-20/h3-14,23-24H,15H2,1-2H3,(H,28,32)/t23-,24-/m1/s1. The molecular weight excluding hydrogens is 440 g/mol. The Hall–Kier alpha value is -3.09. The van der Waals surface area contributed by atoms with E-state index in [0.29, 0.717) is 16.7 Å². The van der Waals surface area contributed by atoms with Crippen molar-refractivity contribution in [1.29, 1.82) is 0 Å². The molecule has 0 bridgehead atoms. The average Bonchev–Trinajstić information content (AvgIpc) is 3.48. The smallest absolute Gasteiger partial charge is 0.170 e. The number of furan rings is 1. The van der Waals surface area contributed by atoms with Crippen LogP contribution in [0, 0.1) is 13.8 Å². The van der Waals surface area contributed by atoms with Crippen molar-refractivity contribution < 1.29 is 4.42 Å². The van der Waals surface area contributed by atoms with Gasteiger partial charge < -0.3 is 19.2 Å². The van der Waals surface area contributed by atoms with Crippen LogP contribution >= 0.6 is 23.8 Å². The third-order valence-electron chi connectivity index (χ3n) is 5.96. The summed E-state index contributed by atoms with van der Waals surface area (Å²) in [7, 11) is 0. The fourth-order valence-corrected chi connectivity index (χ4v) is 5.07. The van der Waals surface area contributed by atoms with Gasteiger partial charge in [0.25, 0.3) is 0 Å². The second-order valence-electron chi connectivity index (χ2n) is 7.98. The van der Waals surface area contributed by atoms with E-state index in [0.717, 1.165) is 28.5 Å². The van der Waals surface area contributed by atoms with Crippen LogP contribution in [0.2, 0.25) is 5.02 Å². The minimum Gasteiger partial charge on any atom is -0.467 e. The minimum atomic E-state index is -0.0769. The Morgan fingerprint density at radius 3 is 2.69 bits per heavy atom. The molecule has 0 spiro atoms. The molecule has 1 aromatic carbocycles. The molecule has 3 aromatic heterocycles. The van der Waals surface area contributed by atoms with Gasteiger partial charge in [0, 0.05) is 28.3 Å². The van der Waals surface area contributed by atoms with Crippen molar-refractivity contribution in [3.8, 4) is 5.69 Å². The van der Waals surface area contributed by atoms with Gasteiger partial charge in [0.2, 0.25) is 0 Å². The Labute approximate surface area is 197 Å². The average molecular weight is 463 g/mol. The van der Waals surface area contributed by atoms with Crippen LogP contribution in [0.25, 0.3) is 5.69 Å².